The molecule has 2 aliphatic rings. The van der Waals surface area contributed by atoms with Crippen molar-refractivity contribution in [1.29, 1.82) is 0 Å². The third-order valence-corrected chi connectivity index (χ3v) is 5.95. The Morgan fingerprint density at radius 1 is 1.12 bits per heavy atom. The molecule has 3 rings (SSSR count). The number of aliphatic imine (C=N–C) groups is 1. The van der Waals surface area contributed by atoms with E-state index < -0.39 is 0 Å². The van der Waals surface area contributed by atoms with Gasteiger partial charge in [-0.25, -0.2) is 0 Å². The van der Waals surface area contributed by atoms with E-state index in [4.69, 9.17) is 19.2 Å². The number of benzene rings is 1. The SMILES string of the molecule is CCNC(=NCCCOCCc1ccccc1)N1CCC(OCC2CCCCO2)CC1.I. The zero-order valence-electron chi connectivity index (χ0n) is 19.7. The average molecular weight is 560 g/mol. The maximum atomic E-state index is 6.15. The summed E-state index contributed by atoms with van der Waals surface area (Å²) >= 11 is 0. The number of likely N-dealkylation sites (tertiary alicyclic amines) is 1. The monoisotopic (exact) mass is 559 g/mol. The predicted octanol–water partition coefficient (Wildman–Crippen LogP) is 4.27. The van der Waals surface area contributed by atoms with E-state index in [1.54, 1.807) is 0 Å². The number of nitrogens with one attached hydrogen (secondary N) is 1. The molecule has 32 heavy (non-hydrogen) atoms. The van der Waals surface area contributed by atoms with Crippen molar-refractivity contribution in [3.63, 3.8) is 0 Å². The maximum Gasteiger partial charge on any atom is 0.193 e. The molecule has 2 saturated heterocycles. The molecule has 0 aliphatic carbocycles. The van der Waals surface area contributed by atoms with E-state index in [-0.39, 0.29) is 24.0 Å². The van der Waals surface area contributed by atoms with Crippen LogP contribution in [0, 0.1) is 0 Å². The molecule has 1 atom stereocenters. The van der Waals surface area contributed by atoms with Crippen LogP contribution in [-0.2, 0) is 20.6 Å². The third kappa shape index (κ3) is 10.4. The van der Waals surface area contributed by atoms with Gasteiger partial charge in [0.25, 0.3) is 0 Å². The lowest BCUT2D eigenvalue weighted by Gasteiger charge is -2.35. The quantitative estimate of drug-likeness (QED) is 0.190. The molecule has 1 aromatic carbocycles. The lowest BCUT2D eigenvalue weighted by atomic mass is 10.1. The third-order valence-electron chi connectivity index (χ3n) is 5.95. The highest BCUT2D eigenvalue weighted by molar-refractivity contribution is 14.0. The average Bonchev–Trinajstić information content (AvgIpc) is 2.83. The highest BCUT2D eigenvalue weighted by Gasteiger charge is 2.23. The summed E-state index contributed by atoms with van der Waals surface area (Å²) in [5.41, 5.74) is 1.33. The number of halogens is 1. The van der Waals surface area contributed by atoms with Gasteiger partial charge in [-0.1, -0.05) is 30.3 Å². The summed E-state index contributed by atoms with van der Waals surface area (Å²) < 4.78 is 17.7. The van der Waals surface area contributed by atoms with Gasteiger partial charge in [0.1, 0.15) is 0 Å². The van der Waals surface area contributed by atoms with Crippen molar-refractivity contribution >= 4 is 29.9 Å². The molecule has 1 unspecified atom stereocenters. The predicted molar refractivity (Wildman–Crippen MR) is 141 cm³/mol. The normalized spacial score (nSPS) is 20.1. The first kappa shape index (κ1) is 27.3. The molecule has 1 N–H and O–H groups in total. The highest BCUT2D eigenvalue weighted by Crippen LogP contribution is 2.18. The Bertz CT molecular complexity index is 618. The lowest BCUT2D eigenvalue weighted by molar-refractivity contribution is -0.0721. The van der Waals surface area contributed by atoms with Crippen LogP contribution in [0.5, 0.6) is 0 Å². The first-order chi connectivity index (χ1) is 15.3. The molecule has 2 fully saturated rings. The van der Waals surface area contributed by atoms with Gasteiger partial charge in [0.05, 0.1) is 25.4 Å². The highest BCUT2D eigenvalue weighted by atomic mass is 127. The van der Waals surface area contributed by atoms with Gasteiger partial charge in [-0.3, -0.25) is 4.99 Å². The van der Waals surface area contributed by atoms with Gasteiger partial charge in [-0.05, 0) is 57.4 Å². The number of hydrogen-bond donors (Lipinski definition) is 1. The Morgan fingerprint density at radius 3 is 2.66 bits per heavy atom. The van der Waals surface area contributed by atoms with Crippen LogP contribution in [0.25, 0.3) is 0 Å². The van der Waals surface area contributed by atoms with Crippen LogP contribution in [-0.4, -0.2) is 75.7 Å². The summed E-state index contributed by atoms with van der Waals surface area (Å²) in [4.78, 5) is 7.20. The standard InChI is InChI=1S/C25H41N3O3.HI/c1-2-26-25(27-15-8-18-29-20-14-22-9-4-3-5-10-22)28-16-12-23(13-17-28)31-21-24-11-6-7-19-30-24;/h3-5,9-10,23-24H,2,6-8,11-21H2,1H3,(H,26,27);1H. The molecule has 7 heteroatoms. The molecule has 0 aromatic heterocycles. The minimum Gasteiger partial charge on any atom is -0.381 e. The Labute approximate surface area is 211 Å². The van der Waals surface area contributed by atoms with E-state index in [1.807, 2.05) is 6.07 Å². The van der Waals surface area contributed by atoms with Crippen LogP contribution < -0.4 is 5.32 Å². The smallest absolute Gasteiger partial charge is 0.193 e. The molecule has 6 nitrogen and oxygen atoms in total. The van der Waals surface area contributed by atoms with Gasteiger partial charge in [0, 0.05) is 39.4 Å². The Hall–Kier alpha value is -0.900. The molecule has 0 saturated carbocycles. The second kappa shape index (κ2) is 16.7. The van der Waals surface area contributed by atoms with E-state index in [1.165, 1.54) is 18.4 Å². The van der Waals surface area contributed by atoms with E-state index in [0.29, 0.717) is 12.2 Å². The van der Waals surface area contributed by atoms with Crippen LogP contribution in [0.2, 0.25) is 0 Å². The summed E-state index contributed by atoms with van der Waals surface area (Å²) in [6, 6.07) is 10.5. The second-order valence-corrected chi connectivity index (χ2v) is 8.45. The molecule has 0 amide bonds. The molecule has 0 radical (unpaired) electrons. The number of rotatable bonds is 11. The molecule has 0 spiro atoms. The minimum atomic E-state index is 0. The summed E-state index contributed by atoms with van der Waals surface area (Å²) in [6.07, 6.45) is 8.30. The molecular formula is C25H42IN3O3. The molecule has 2 heterocycles. The van der Waals surface area contributed by atoms with Gasteiger partial charge in [0.15, 0.2) is 5.96 Å². The number of ether oxygens (including phenoxy) is 3. The van der Waals surface area contributed by atoms with Crippen molar-refractivity contribution in [2.45, 2.75) is 64.1 Å². The van der Waals surface area contributed by atoms with Crippen molar-refractivity contribution in [2.24, 2.45) is 4.99 Å². The van der Waals surface area contributed by atoms with Crippen molar-refractivity contribution in [3.8, 4) is 0 Å². The Morgan fingerprint density at radius 2 is 1.94 bits per heavy atom. The Kier molecular flexibility index (Phi) is 14.2. The number of nitrogens with zero attached hydrogens (tertiary/aromatic N) is 2. The molecule has 1 aromatic rings. The second-order valence-electron chi connectivity index (χ2n) is 8.45. The summed E-state index contributed by atoms with van der Waals surface area (Å²) in [6.45, 7) is 8.98. The van der Waals surface area contributed by atoms with Crippen LogP contribution in [0.15, 0.2) is 35.3 Å². The number of piperidine rings is 1. The van der Waals surface area contributed by atoms with E-state index >= 15 is 0 Å². The first-order valence-electron chi connectivity index (χ1n) is 12.2. The molecule has 0 bridgehead atoms. The van der Waals surface area contributed by atoms with E-state index in [9.17, 15) is 0 Å². The van der Waals surface area contributed by atoms with Crippen LogP contribution in [0.1, 0.15) is 51.0 Å². The van der Waals surface area contributed by atoms with Crippen molar-refractivity contribution in [3.05, 3.63) is 35.9 Å². The largest absolute Gasteiger partial charge is 0.381 e. The zero-order valence-corrected chi connectivity index (χ0v) is 22.0. The van der Waals surface area contributed by atoms with Gasteiger partial charge >= 0.3 is 0 Å². The van der Waals surface area contributed by atoms with E-state index in [2.05, 4.69) is 41.4 Å². The van der Waals surface area contributed by atoms with Gasteiger partial charge in [-0.2, -0.15) is 0 Å². The van der Waals surface area contributed by atoms with Crippen LogP contribution >= 0.6 is 24.0 Å². The van der Waals surface area contributed by atoms with Gasteiger partial charge < -0.3 is 24.4 Å². The topological polar surface area (TPSA) is 55.3 Å². The number of hydrogen-bond acceptors (Lipinski definition) is 4. The summed E-state index contributed by atoms with van der Waals surface area (Å²) in [7, 11) is 0. The zero-order chi connectivity index (χ0) is 21.6. The van der Waals surface area contributed by atoms with Crippen LogP contribution in [0.3, 0.4) is 0 Å². The molecule has 2 aliphatic heterocycles. The fraction of sp³-hybridized carbons (Fsp3) is 0.720. The lowest BCUT2D eigenvalue weighted by Crippen LogP contribution is -2.47. The van der Waals surface area contributed by atoms with Crippen molar-refractivity contribution in [2.75, 3.05) is 52.6 Å². The van der Waals surface area contributed by atoms with Crippen molar-refractivity contribution < 1.29 is 14.2 Å². The minimum absolute atomic E-state index is 0. The molecule has 182 valence electrons. The first-order valence-corrected chi connectivity index (χ1v) is 12.2. The summed E-state index contributed by atoms with van der Waals surface area (Å²) in [5, 5.41) is 3.45. The number of guanidine groups is 1. The van der Waals surface area contributed by atoms with Crippen molar-refractivity contribution in [1.82, 2.24) is 10.2 Å². The fourth-order valence-corrected chi connectivity index (χ4v) is 4.13. The van der Waals surface area contributed by atoms with Gasteiger partial charge in [0.2, 0.25) is 0 Å². The maximum absolute atomic E-state index is 6.15. The fourth-order valence-electron chi connectivity index (χ4n) is 4.13. The molecular weight excluding hydrogens is 517 g/mol. The van der Waals surface area contributed by atoms with E-state index in [0.717, 1.165) is 90.7 Å². The van der Waals surface area contributed by atoms with Gasteiger partial charge in [-0.15, -0.1) is 24.0 Å². The van der Waals surface area contributed by atoms with Crippen LogP contribution in [0.4, 0.5) is 0 Å². The Balaban J connectivity index is 0.00000363. The summed E-state index contributed by atoms with van der Waals surface area (Å²) in [5.74, 6) is 1.03.